The molecule has 1 N–H and O–H groups in total. The molecular weight excluding hydrogens is 400 g/mol. The fourth-order valence-corrected chi connectivity index (χ4v) is 3.73. The van der Waals surface area contributed by atoms with E-state index < -0.39 is 0 Å². The van der Waals surface area contributed by atoms with Gasteiger partial charge in [-0.25, -0.2) is 9.67 Å². The minimum atomic E-state index is -0.276. The predicted octanol–water partition coefficient (Wildman–Crippen LogP) is 4.88. The lowest BCUT2D eigenvalue weighted by molar-refractivity contribution is 0.0940. The van der Waals surface area contributed by atoms with E-state index >= 15 is 0 Å². The van der Waals surface area contributed by atoms with E-state index in [1.165, 1.54) is 6.20 Å². The van der Waals surface area contributed by atoms with Crippen molar-refractivity contribution in [2.24, 2.45) is 0 Å². The van der Waals surface area contributed by atoms with Gasteiger partial charge in [0.15, 0.2) is 5.65 Å². The fraction of sp³-hybridized carbons (Fsp3) is 0.174. The standard InChI is InChI=1S/C23H21ClN4O2/c1-14(16-7-5-4-6-8-16)26-23(29)19-13-25-22-20(21(19)24)15(2)27-28(22)17-9-11-18(30-3)12-10-17/h4-14H,1-3H3,(H,26,29)/t14-/m1/s1. The molecule has 0 aliphatic heterocycles. The van der Waals surface area contributed by atoms with Gasteiger partial charge in [-0.2, -0.15) is 5.10 Å². The number of aryl methyl sites for hydroxylation is 1. The van der Waals surface area contributed by atoms with Crippen molar-refractivity contribution in [2.45, 2.75) is 19.9 Å². The number of nitrogens with one attached hydrogen (secondary N) is 1. The molecule has 0 spiro atoms. The number of hydrogen-bond donors (Lipinski definition) is 1. The quantitative estimate of drug-likeness (QED) is 0.499. The molecule has 0 radical (unpaired) electrons. The van der Waals surface area contributed by atoms with Crippen molar-refractivity contribution in [1.29, 1.82) is 0 Å². The van der Waals surface area contributed by atoms with Crippen LogP contribution in [0.4, 0.5) is 0 Å². The second kappa shape index (κ2) is 8.16. The van der Waals surface area contributed by atoms with Gasteiger partial charge in [0.25, 0.3) is 5.91 Å². The Bertz CT molecular complexity index is 1200. The molecule has 4 rings (SSSR count). The van der Waals surface area contributed by atoms with Crippen LogP contribution in [-0.2, 0) is 0 Å². The number of carbonyl (C=O) groups excluding carboxylic acids is 1. The number of carbonyl (C=O) groups is 1. The van der Waals surface area contributed by atoms with Crippen molar-refractivity contribution >= 4 is 28.5 Å². The van der Waals surface area contributed by atoms with E-state index in [0.717, 1.165) is 17.0 Å². The van der Waals surface area contributed by atoms with Crippen molar-refractivity contribution in [3.8, 4) is 11.4 Å². The highest BCUT2D eigenvalue weighted by atomic mass is 35.5. The third-order valence-electron chi connectivity index (χ3n) is 5.02. The summed E-state index contributed by atoms with van der Waals surface area (Å²) in [4.78, 5) is 17.4. The number of nitrogens with zero attached hydrogens (tertiary/aromatic N) is 3. The number of pyridine rings is 1. The first-order chi connectivity index (χ1) is 14.5. The Hall–Kier alpha value is -3.38. The van der Waals surface area contributed by atoms with Crippen LogP contribution in [0.1, 0.15) is 34.6 Å². The van der Waals surface area contributed by atoms with E-state index in [2.05, 4.69) is 15.4 Å². The van der Waals surface area contributed by atoms with Crippen molar-refractivity contribution < 1.29 is 9.53 Å². The number of methoxy groups -OCH3 is 1. The summed E-state index contributed by atoms with van der Waals surface area (Å²) in [5.74, 6) is 0.478. The lowest BCUT2D eigenvalue weighted by Crippen LogP contribution is -2.27. The number of hydrogen-bond acceptors (Lipinski definition) is 4. The normalized spacial score (nSPS) is 12.0. The highest BCUT2D eigenvalue weighted by Crippen LogP contribution is 2.30. The van der Waals surface area contributed by atoms with Crippen molar-refractivity contribution in [2.75, 3.05) is 7.11 Å². The van der Waals surface area contributed by atoms with Gasteiger partial charge < -0.3 is 10.1 Å². The maximum absolute atomic E-state index is 12.9. The molecule has 1 atom stereocenters. The Kier molecular flexibility index (Phi) is 5.42. The molecule has 0 aliphatic carbocycles. The lowest BCUT2D eigenvalue weighted by atomic mass is 10.1. The van der Waals surface area contributed by atoms with E-state index in [9.17, 15) is 4.79 Å². The van der Waals surface area contributed by atoms with Gasteiger partial charge in [-0.05, 0) is 43.7 Å². The molecule has 2 aromatic heterocycles. The Morgan fingerprint density at radius 3 is 2.50 bits per heavy atom. The molecule has 7 heteroatoms. The molecule has 0 saturated carbocycles. The summed E-state index contributed by atoms with van der Waals surface area (Å²) < 4.78 is 6.92. The third-order valence-corrected chi connectivity index (χ3v) is 5.41. The number of benzene rings is 2. The van der Waals surface area contributed by atoms with Crippen LogP contribution in [0, 0.1) is 6.92 Å². The Balaban J connectivity index is 1.69. The van der Waals surface area contributed by atoms with Gasteiger partial charge in [0, 0.05) is 6.20 Å². The lowest BCUT2D eigenvalue weighted by Gasteiger charge is -2.15. The van der Waals surface area contributed by atoms with Crippen molar-refractivity contribution in [3.05, 3.63) is 82.6 Å². The van der Waals surface area contributed by atoms with Gasteiger partial charge in [-0.15, -0.1) is 0 Å². The van der Waals surface area contributed by atoms with Gasteiger partial charge in [0.05, 0.1) is 40.5 Å². The molecule has 0 unspecified atom stereocenters. The molecule has 1 amide bonds. The van der Waals surface area contributed by atoms with E-state index in [1.807, 2.05) is 68.4 Å². The topological polar surface area (TPSA) is 69.0 Å². The average molecular weight is 421 g/mol. The fourth-order valence-electron chi connectivity index (χ4n) is 3.37. The first kappa shape index (κ1) is 19.9. The second-order valence-electron chi connectivity index (χ2n) is 6.99. The van der Waals surface area contributed by atoms with Gasteiger partial charge in [-0.3, -0.25) is 4.79 Å². The summed E-state index contributed by atoms with van der Waals surface area (Å²) in [6, 6.07) is 17.1. The van der Waals surface area contributed by atoms with Crippen LogP contribution < -0.4 is 10.1 Å². The molecule has 4 aromatic rings. The Morgan fingerprint density at radius 2 is 1.83 bits per heavy atom. The first-order valence-corrected chi connectivity index (χ1v) is 9.91. The maximum Gasteiger partial charge on any atom is 0.254 e. The highest BCUT2D eigenvalue weighted by molar-refractivity contribution is 6.38. The minimum Gasteiger partial charge on any atom is -0.497 e. The average Bonchev–Trinajstić information content (AvgIpc) is 3.11. The molecule has 0 saturated heterocycles. The monoisotopic (exact) mass is 420 g/mol. The number of rotatable bonds is 5. The molecule has 30 heavy (non-hydrogen) atoms. The van der Waals surface area contributed by atoms with E-state index in [4.69, 9.17) is 16.3 Å². The highest BCUT2D eigenvalue weighted by Gasteiger charge is 2.21. The van der Waals surface area contributed by atoms with Crippen LogP contribution in [0.15, 0.2) is 60.8 Å². The first-order valence-electron chi connectivity index (χ1n) is 9.53. The number of halogens is 1. The molecule has 6 nitrogen and oxygen atoms in total. The van der Waals surface area contributed by atoms with Crippen LogP contribution in [0.25, 0.3) is 16.7 Å². The van der Waals surface area contributed by atoms with Crippen LogP contribution >= 0.6 is 11.6 Å². The van der Waals surface area contributed by atoms with Gasteiger partial charge in [0.2, 0.25) is 0 Å². The number of ether oxygens (including phenoxy) is 1. The molecule has 0 aliphatic rings. The second-order valence-corrected chi connectivity index (χ2v) is 7.36. The van der Waals surface area contributed by atoms with Gasteiger partial charge >= 0.3 is 0 Å². The van der Waals surface area contributed by atoms with E-state index in [1.54, 1.807) is 11.8 Å². The zero-order valence-corrected chi connectivity index (χ0v) is 17.6. The smallest absolute Gasteiger partial charge is 0.254 e. The molecule has 2 heterocycles. The predicted molar refractivity (Wildman–Crippen MR) is 117 cm³/mol. The molecule has 2 aromatic carbocycles. The van der Waals surface area contributed by atoms with Gasteiger partial charge in [-0.1, -0.05) is 41.9 Å². The summed E-state index contributed by atoms with van der Waals surface area (Å²) in [7, 11) is 1.62. The summed E-state index contributed by atoms with van der Waals surface area (Å²) in [6.45, 7) is 3.78. The molecular formula is C23H21ClN4O2. The SMILES string of the molecule is COc1ccc(-n2nc(C)c3c(Cl)c(C(=O)N[C@H](C)c4ccccc4)cnc32)cc1. The number of amides is 1. The zero-order chi connectivity index (χ0) is 21.3. The van der Waals surface area contributed by atoms with Crippen molar-refractivity contribution in [1.82, 2.24) is 20.1 Å². The van der Waals surface area contributed by atoms with Crippen LogP contribution in [0.2, 0.25) is 5.02 Å². The molecule has 0 fully saturated rings. The van der Waals surface area contributed by atoms with E-state index in [-0.39, 0.29) is 11.9 Å². The summed E-state index contributed by atoms with van der Waals surface area (Å²) in [6.07, 6.45) is 1.50. The van der Waals surface area contributed by atoms with Crippen LogP contribution in [0.3, 0.4) is 0 Å². The van der Waals surface area contributed by atoms with Crippen LogP contribution in [-0.4, -0.2) is 27.8 Å². The number of fused-ring (bicyclic) bond motifs is 1. The molecule has 0 bridgehead atoms. The van der Waals surface area contributed by atoms with Gasteiger partial charge in [0.1, 0.15) is 5.75 Å². The summed E-state index contributed by atoms with van der Waals surface area (Å²) in [5.41, 5.74) is 3.45. The Labute approximate surface area is 179 Å². The largest absolute Gasteiger partial charge is 0.497 e. The number of aromatic nitrogens is 3. The van der Waals surface area contributed by atoms with Crippen LogP contribution in [0.5, 0.6) is 5.75 Å². The van der Waals surface area contributed by atoms with Crippen molar-refractivity contribution in [3.63, 3.8) is 0 Å². The third kappa shape index (κ3) is 3.62. The maximum atomic E-state index is 12.9. The summed E-state index contributed by atoms with van der Waals surface area (Å²) >= 11 is 6.65. The molecule has 152 valence electrons. The Morgan fingerprint density at radius 1 is 1.13 bits per heavy atom. The van der Waals surface area contributed by atoms with E-state index in [0.29, 0.717) is 27.3 Å². The minimum absolute atomic E-state index is 0.159. The summed E-state index contributed by atoms with van der Waals surface area (Å²) in [5, 5.41) is 8.57. The zero-order valence-electron chi connectivity index (χ0n) is 16.9.